The summed E-state index contributed by atoms with van der Waals surface area (Å²) in [4.78, 5) is 26.4. The Morgan fingerprint density at radius 2 is 1.57 bits per heavy atom. The summed E-state index contributed by atoms with van der Waals surface area (Å²) < 4.78 is 7.73. The molecule has 2 amide bonds. The Hall–Kier alpha value is -1.67. The maximum atomic E-state index is 13.0. The maximum absolute atomic E-state index is 13.0. The van der Waals surface area contributed by atoms with Crippen LogP contribution in [0.4, 0.5) is 0 Å². The summed E-state index contributed by atoms with van der Waals surface area (Å²) in [5.74, 6) is -0.122. The number of rotatable bonds is 15. The van der Waals surface area contributed by atoms with Crippen LogP contribution in [-0.4, -0.2) is 23.3 Å². The van der Waals surface area contributed by atoms with Gasteiger partial charge in [-0.2, -0.15) is 0 Å². The zero-order chi connectivity index (χ0) is 24.8. The van der Waals surface area contributed by atoms with Crippen LogP contribution in [0.15, 0.2) is 42.6 Å². The van der Waals surface area contributed by atoms with Gasteiger partial charge in [-0.15, -0.1) is 0 Å². The van der Waals surface area contributed by atoms with Gasteiger partial charge in [-0.05, 0) is 24.6 Å². The topological polar surface area (TPSA) is 50.5 Å². The second-order valence-electron chi connectivity index (χ2n) is 8.89. The van der Waals surface area contributed by atoms with Crippen LogP contribution in [0, 0.1) is 0 Å². The number of ether oxygens (including phenoxy) is 1. The van der Waals surface area contributed by atoms with Gasteiger partial charge in [-0.3, -0.25) is 14.5 Å². The number of carbonyl (C=O) groups excluding carboxylic acids is 2. The number of unbranched alkanes of at least 4 members (excludes halogenated alkanes) is 9. The lowest BCUT2D eigenvalue weighted by Gasteiger charge is -2.18. The van der Waals surface area contributed by atoms with E-state index < -0.39 is 0 Å². The van der Waals surface area contributed by atoms with Crippen LogP contribution in [0.25, 0.3) is 0 Å². The minimum atomic E-state index is -0.375. The molecule has 1 heterocycles. The number of nitrogens with zero attached hydrogens (tertiary/aromatic N) is 2. The lowest BCUT2D eigenvalue weighted by atomic mass is 10.1. The molecular weight excluding hydrogens is 575 g/mol. The number of amides is 2. The number of carbonyl (C=O) groups is 2. The first-order valence-corrected chi connectivity index (χ1v) is 13.0. The van der Waals surface area contributed by atoms with Crippen molar-refractivity contribution >= 4 is 23.4 Å². The van der Waals surface area contributed by atoms with Crippen molar-refractivity contribution in [2.24, 2.45) is 7.05 Å². The van der Waals surface area contributed by atoms with Crippen molar-refractivity contribution in [3.8, 4) is 5.75 Å². The Morgan fingerprint density at radius 1 is 0.943 bits per heavy atom. The third kappa shape index (κ3) is 11.3. The summed E-state index contributed by atoms with van der Waals surface area (Å²) in [6.07, 6.45) is 14.6. The SMILES string of the molecule is CCCCCCCCCCCCOc1ccc(C(=O)N(Cc2cccc[n+]2C)C(C)=O)cc1Cl.[I-]. The lowest BCUT2D eigenvalue weighted by molar-refractivity contribution is -0.679. The van der Waals surface area contributed by atoms with Crippen LogP contribution < -0.4 is 33.3 Å². The van der Waals surface area contributed by atoms with Crippen molar-refractivity contribution in [3.05, 3.63) is 58.9 Å². The second-order valence-corrected chi connectivity index (χ2v) is 9.30. The molecule has 2 rings (SSSR count). The fraction of sp³-hybridized carbons (Fsp3) is 0.536. The van der Waals surface area contributed by atoms with Gasteiger partial charge in [0.05, 0.1) is 11.6 Å². The van der Waals surface area contributed by atoms with E-state index in [1.54, 1.807) is 18.2 Å². The molecule has 1 aromatic heterocycles. The lowest BCUT2D eigenvalue weighted by Crippen LogP contribution is -3.00. The number of benzene rings is 1. The highest BCUT2D eigenvalue weighted by atomic mass is 127. The molecule has 0 aliphatic heterocycles. The summed E-state index contributed by atoms with van der Waals surface area (Å²) in [6.45, 7) is 4.44. The molecule has 0 fully saturated rings. The molecule has 0 aliphatic carbocycles. The fourth-order valence-electron chi connectivity index (χ4n) is 3.89. The van der Waals surface area contributed by atoms with Gasteiger partial charge in [0.2, 0.25) is 11.6 Å². The zero-order valence-corrected chi connectivity index (χ0v) is 24.3. The molecular formula is C28H40ClIN2O3. The molecule has 0 aliphatic rings. The average Bonchev–Trinajstić information content (AvgIpc) is 2.82. The van der Waals surface area contributed by atoms with Crippen LogP contribution in [0.5, 0.6) is 5.75 Å². The molecule has 0 radical (unpaired) electrons. The van der Waals surface area contributed by atoms with E-state index in [0.29, 0.717) is 22.9 Å². The minimum absolute atomic E-state index is 0. The highest BCUT2D eigenvalue weighted by molar-refractivity contribution is 6.32. The van der Waals surface area contributed by atoms with E-state index in [-0.39, 0.29) is 42.3 Å². The standard InChI is InChI=1S/C28H40ClN2O3.HI/c1-4-5-6-7-8-9-10-11-12-15-20-34-27-18-17-24(21-26(27)29)28(33)31(23(2)32)22-25-16-13-14-19-30(25)3;/h13-14,16-19,21H,4-12,15,20,22H2,1-3H3;1H/q+1;/p-1. The fourth-order valence-corrected chi connectivity index (χ4v) is 4.12. The number of aromatic nitrogens is 1. The number of aryl methyl sites for hydroxylation is 1. The molecule has 0 saturated heterocycles. The van der Waals surface area contributed by atoms with Crippen LogP contribution in [0.2, 0.25) is 5.02 Å². The Morgan fingerprint density at radius 3 is 2.14 bits per heavy atom. The van der Waals surface area contributed by atoms with E-state index in [9.17, 15) is 9.59 Å². The van der Waals surface area contributed by atoms with Gasteiger partial charge >= 0.3 is 0 Å². The Balaban J connectivity index is 0.00000612. The summed E-state index contributed by atoms with van der Waals surface area (Å²) >= 11 is 6.39. The van der Waals surface area contributed by atoms with Gasteiger partial charge in [0.25, 0.3) is 5.91 Å². The van der Waals surface area contributed by atoms with E-state index in [0.717, 1.165) is 18.5 Å². The van der Waals surface area contributed by atoms with Crippen LogP contribution in [0.3, 0.4) is 0 Å². The van der Waals surface area contributed by atoms with Crippen molar-refractivity contribution in [3.63, 3.8) is 0 Å². The summed E-state index contributed by atoms with van der Waals surface area (Å²) in [5, 5.41) is 0.381. The van der Waals surface area contributed by atoms with Gasteiger partial charge < -0.3 is 28.7 Å². The number of hydrogen-bond donors (Lipinski definition) is 0. The molecule has 0 unspecified atom stereocenters. The molecule has 7 heteroatoms. The van der Waals surface area contributed by atoms with Gasteiger partial charge in [-0.25, -0.2) is 4.57 Å². The molecule has 0 bridgehead atoms. The molecule has 2 aromatic rings. The van der Waals surface area contributed by atoms with Crippen LogP contribution in [-0.2, 0) is 18.4 Å². The van der Waals surface area contributed by atoms with Gasteiger partial charge in [-0.1, -0.05) is 82.4 Å². The van der Waals surface area contributed by atoms with Crippen molar-refractivity contribution in [1.82, 2.24) is 4.90 Å². The molecule has 5 nitrogen and oxygen atoms in total. The second kappa shape index (κ2) is 17.7. The monoisotopic (exact) mass is 614 g/mol. The first-order valence-electron chi connectivity index (χ1n) is 12.6. The molecule has 0 saturated carbocycles. The molecule has 35 heavy (non-hydrogen) atoms. The van der Waals surface area contributed by atoms with Crippen molar-refractivity contribution in [2.75, 3.05) is 6.61 Å². The third-order valence-electron chi connectivity index (χ3n) is 6.04. The van der Waals surface area contributed by atoms with Gasteiger partial charge in [0, 0.05) is 24.6 Å². The number of pyridine rings is 1. The van der Waals surface area contributed by atoms with Crippen LogP contribution >= 0.6 is 11.6 Å². The van der Waals surface area contributed by atoms with Gasteiger partial charge in [0.15, 0.2) is 6.20 Å². The highest BCUT2D eigenvalue weighted by Crippen LogP contribution is 2.26. The van der Waals surface area contributed by atoms with E-state index in [4.69, 9.17) is 16.3 Å². The zero-order valence-electron chi connectivity index (χ0n) is 21.4. The van der Waals surface area contributed by atoms with E-state index in [1.165, 1.54) is 63.2 Å². The first-order chi connectivity index (χ1) is 16.4. The van der Waals surface area contributed by atoms with Crippen molar-refractivity contribution in [2.45, 2.75) is 84.6 Å². The third-order valence-corrected chi connectivity index (χ3v) is 6.34. The predicted octanol–water partition coefficient (Wildman–Crippen LogP) is 3.66. The Kier molecular flexibility index (Phi) is 15.9. The molecule has 194 valence electrons. The van der Waals surface area contributed by atoms with Crippen molar-refractivity contribution < 1.29 is 42.9 Å². The average molecular weight is 615 g/mol. The summed E-state index contributed by atoms with van der Waals surface area (Å²) in [6, 6.07) is 10.6. The maximum Gasteiger partial charge on any atom is 0.261 e. The van der Waals surface area contributed by atoms with E-state index in [1.807, 2.05) is 36.0 Å². The molecule has 0 spiro atoms. The Bertz CT molecular complexity index is 923. The molecule has 1 aromatic carbocycles. The quantitative estimate of drug-likeness (QED) is 0.175. The minimum Gasteiger partial charge on any atom is -1.00 e. The Labute approximate surface area is 233 Å². The van der Waals surface area contributed by atoms with E-state index >= 15 is 0 Å². The smallest absolute Gasteiger partial charge is 0.261 e. The van der Waals surface area contributed by atoms with E-state index in [2.05, 4.69) is 6.92 Å². The first kappa shape index (κ1) is 31.4. The highest BCUT2D eigenvalue weighted by Gasteiger charge is 2.24. The largest absolute Gasteiger partial charge is 1.00 e. The van der Waals surface area contributed by atoms with Crippen molar-refractivity contribution in [1.29, 1.82) is 0 Å². The molecule has 0 atom stereocenters. The molecule has 0 N–H and O–H groups in total. The van der Waals surface area contributed by atoms with Crippen LogP contribution in [0.1, 0.15) is 94.1 Å². The summed E-state index contributed by atoms with van der Waals surface area (Å²) in [7, 11) is 1.88. The van der Waals surface area contributed by atoms with Gasteiger partial charge in [0.1, 0.15) is 19.3 Å². The summed E-state index contributed by atoms with van der Waals surface area (Å²) in [5.41, 5.74) is 1.22. The normalized spacial score (nSPS) is 10.5. The number of imide groups is 1. The number of halogens is 2. The number of hydrogen-bond acceptors (Lipinski definition) is 3. The predicted molar refractivity (Wildman–Crippen MR) is 137 cm³/mol.